The molecular weight excluding hydrogens is 190 g/mol. The molecule has 0 aromatic carbocycles. The van der Waals surface area contributed by atoms with Crippen LogP contribution in [0.1, 0.15) is 15.2 Å². The third-order valence-electron chi connectivity index (χ3n) is 1.71. The first-order chi connectivity index (χ1) is 5.68. The van der Waals surface area contributed by atoms with Crippen LogP contribution in [-0.2, 0) is 0 Å². The molecule has 0 aliphatic carbocycles. The summed E-state index contributed by atoms with van der Waals surface area (Å²) in [5.74, 6) is -0.331. The van der Waals surface area contributed by atoms with Crippen molar-refractivity contribution >= 4 is 38.0 Å². The van der Waals surface area contributed by atoms with Gasteiger partial charge in [-0.3, -0.25) is 4.79 Å². The van der Waals surface area contributed by atoms with Crippen molar-refractivity contribution in [1.29, 1.82) is 0 Å². The van der Waals surface area contributed by atoms with Gasteiger partial charge in [0.2, 0.25) is 0 Å². The lowest BCUT2D eigenvalue weighted by Gasteiger charge is -1.83. The zero-order valence-electron chi connectivity index (χ0n) is 6.46. The van der Waals surface area contributed by atoms with E-state index in [9.17, 15) is 4.79 Å². The minimum absolute atomic E-state index is 0.331. The van der Waals surface area contributed by atoms with Gasteiger partial charge in [-0.25, -0.2) is 0 Å². The fourth-order valence-corrected chi connectivity index (χ4v) is 3.23. The highest BCUT2D eigenvalue weighted by Crippen LogP contribution is 2.33. The number of primary amides is 1. The summed E-state index contributed by atoms with van der Waals surface area (Å²) in [5, 5.41) is 3.25. The molecule has 2 nitrogen and oxygen atoms in total. The van der Waals surface area contributed by atoms with E-state index in [1.807, 2.05) is 13.0 Å². The number of nitrogens with two attached hydrogens (primary N) is 1. The van der Waals surface area contributed by atoms with Gasteiger partial charge in [0.1, 0.15) is 0 Å². The third-order valence-corrected chi connectivity index (χ3v) is 4.10. The molecule has 62 valence electrons. The van der Waals surface area contributed by atoms with Crippen LogP contribution in [0.25, 0.3) is 9.40 Å². The van der Waals surface area contributed by atoms with Crippen LogP contribution in [0.4, 0.5) is 0 Å². The summed E-state index contributed by atoms with van der Waals surface area (Å²) in [7, 11) is 0. The van der Waals surface area contributed by atoms with E-state index >= 15 is 0 Å². The van der Waals surface area contributed by atoms with Gasteiger partial charge in [-0.2, -0.15) is 0 Å². The lowest BCUT2D eigenvalue weighted by atomic mass is 10.2. The standard InChI is InChI=1S/C8H7NOS2/c1-4-3-11-8-5(4)2-6(12-8)7(9)10/h2-3H,1H3,(H2,9,10). The molecule has 0 aliphatic rings. The number of hydrogen-bond acceptors (Lipinski definition) is 3. The number of carbonyl (C=O) groups excluding carboxylic acids is 1. The molecule has 0 radical (unpaired) electrons. The van der Waals surface area contributed by atoms with Gasteiger partial charge in [-0.05, 0) is 23.9 Å². The molecule has 0 bridgehead atoms. The lowest BCUT2D eigenvalue weighted by molar-refractivity contribution is 0.100. The minimum Gasteiger partial charge on any atom is -0.365 e. The van der Waals surface area contributed by atoms with Crippen LogP contribution in [0.5, 0.6) is 0 Å². The first-order valence-electron chi connectivity index (χ1n) is 3.46. The van der Waals surface area contributed by atoms with E-state index in [2.05, 4.69) is 5.38 Å². The van der Waals surface area contributed by atoms with Gasteiger partial charge < -0.3 is 5.73 Å². The Labute approximate surface area is 77.6 Å². The molecule has 2 aromatic rings. The Balaban J connectivity index is 2.70. The number of aryl methyl sites for hydroxylation is 1. The van der Waals surface area contributed by atoms with E-state index in [1.165, 1.54) is 26.3 Å². The molecule has 0 atom stereocenters. The number of fused-ring (bicyclic) bond motifs is 1. The summed E-state index contributed by atoms with van der Waals surface area (Å²) >= 11 is 3.13. The highest BCUT2D eigenvalue weighted by Gasteiger charge is 2.08. The normalized spacial score (nSPS) is 10.8. The highest BCUT2D eigenvalue weighted by atomic mass is 32.2. The Morgan fingerprint density at radius 3 is 2.92 bits per heavy atom. The molecule has 0 saturated heterocycles. The van der Waals surface area contributed by atoms with Crippen molar-refractivity contribution in [3.05, 3.63) is 21.9 Å². The predicted molar refractivity (Wildman–Crippen MR) is 53.0 cm³/mol. The fourth-order valence-electron chi connectivity index (χ4n) is 1.06. The zero-order chi connectivity index (χ0) is 8.72. The Morgan fingerprint density at radius 1 is 1.58 bits per heavy atom. The molecular formula is C8H7NOS2. The van der Waals surface area contributed by atoms with Crippen molar-refractivity contribution in [2.24, 2.45) is 5.73 Å². The minimum atomic E-state index is -0.331. The molecule has 2 rings (SSSR count). The van der Waals surface area contributed by atoms with Crippen molar-refractivity contribution in [2.75, 3.05) is 0 Å². The van der Waals surface area contributed by atoms with E-state index < -0.39 is 0 Å². The highest BCUT2D eigenvalue weighted by molar-refractivity contribution is 7.38. The Hall–Kier alpha value is -0.870. The monoisotopic (exact) mass is 197 g/mol. The van der Waals surface area contributed by atoms with Crippen LogP contribution < -0.4 is 5.73 Å². The summed E-state index contributed by atoms with van der Waals surface area (Å²) in [6.07, 6.45) is 0. The number of amides is 1. The zero-order valence-corrected chi connectivity index (χ0v) is 8.09. The van der Waals surface area contributed by atoms with Gasteiger partial charge in [0.25, 0.3) is 5.91 Å². The summed E-state index contributed by atoms with van der Waals surface area (Å²) < 4.78 is 1.18. The summed E-state index contributed by atoms with van der Waals surface area (Å²) in [6.45, 7) is 2.04. The second-order valence-corrected chi connectivity index (χ2v) is 4.79. The van der Waals surface area contributed by atoms with E-state index in [1.54, 1.807) is 11.3 Å². The molecule has 2 N–H and O–H groups in total. The largest absolute Gasteiger partial charge is 0.365 e. The van der Waals surface area contributed by atoms with Crippen LogP contribution in [-0.4, -0.2) is 5.91 Å². The predicted octanol–water partition coefficient (Wildman–Crippen LogP) is 2.37. The molecule has 0 unspecified atom stereocenters. The molecule has 0 fully saturated rings. The smallest absolute Gasteiger partial charge is 0.258 e. The summed E-state index contributed by atoms with van der Waals surface area (Å²) in [6, 6.07) is 1.87. The average molecular weight is 197 g/mol. The van der Waals surface area contributed by atoms with Crippen molar-refractivity contribution < 1.29 is 4.79 Å². The van der Waals surface area contributed by atoms with Gasteiger partial charge in [0.15, 0.2) is 0 Å². The van der Waals surface area contributed by atoms with Gasteiger partial charge in [-0.1, -0.05) is 0 Å². The molecule has 2 heterocycles. The van der Waals surface area contributed by atoms with Gasteiger partial charge in [0, 0.05) is 5.39 Å². The summed E-state index contributed by atoms with van der Waals surface area (Å²) in [5.41, 5.74) is 6.38. The Morgan fingerprint density at radius 2 is 2.33 bits per heavy atom. The van der Waals surface area contributed by atoms with Gasteiger partial charge in [0.05, 0.1) is 8.89 Å². The number of carbonyl (C=O) groups is 1. The second kappa shape index (κ2) is 2.57. The van der Waals surface area contributed by atoms with Crippen molar-refractivity contribution in [1.82, 2.24) is 0 Å². The molecule has 0 saturated carbocycles. The van der Waals surface area contributed by atoms with Crippen LogP contribution in [0.3, 0.4) is 0 Å². The maximum Gasteiger partial charge on any atom is 0.258 e. The maximum absolute atomic E-state index is 10.8. The number of thiophene rings is 2. The second-order valence-electron chi connectivity index (χ2n) is 2.59. The Bertz CT molecular complexity index is 441. The molecule has 0 aliphatic heterocycles. The van der Waals surface area contributed by atoms with Crippen LogP contribution in [0.2, 0.25) is 0 Å². The third kappa shape index (κ3) is 1.04. The van der Waals surface area contributed by atoms with Crippen LogP contribution in [0, 0.1) is 6.92 Å². The number of rotatable bonds is 1. The van der Waals surface area contributed by atoms with E-state index in [0.717, 1.165) is 0 Å². The van der Waals surface area contributed by atoms with Crippen molar-refractivity contribution in [3.63, 3.8) is 0 Å². The molecule has 2 aromatic heterocycles. The first kappa shape index (κ1) is 7.76. The quantitative estimate of drug-likeness (QED) is 0.749. The average Bonchev–Trinajstić information content (AvgIpc) is 2.53. The molecule has 12 heavy (non-hydrogen) atoms. The SMILES string of the molecule is Cc1csc2sc(C(N)=O)cc12. The van der Waals surface area contributed by atoms with Crippen molar-refractivity contribution in [2.45, 2.75) is 6.92 Å². The van der Waals surface area contributed by atoms with E-state index in [-0.39, 0.29) is 5.91 Å². The van der Waals surface area contributed by atoms with Gasteiger partial charge >= 0.3 is 0 Å². The summed E-state index contributed by atoms with van der Waals surface area (Å²) in [4.78, 5) is 11.5. The van der Waals surface area contributed by atoms with Gasteiger partial charge in [-0.15, -0.1) is 22.7 Å². The first-order valence-corrected chi connectivity index (χ1v) is 5.15. The van der Waals surface area contributed by atoms with E-state index in [4.69, 9.17) is 5.73 Å². The fraction of sp³-hybridized carbons (Fsp3) is 0.125. The van der Waals surface area contributed by atoms with E-state index in [0.29, 0.717) is 4.88 Å². The topological polar surface area (TPSA) is 43.1 Å². The van der Waals surface area contributed by atoms with Crippen LogP contribution >= 0.6 is 22.7 Å². The molecule has 1 amide bonds. The molecule has 0 spiro atoms. The lowest BCUT2D eigenvalue weighted by Crippen LogP contribution is -2.08. The maximum atomic E-state index is 10.8. The Kier molecular flexibility index (Phi) is 1.66. The van der Waals surface area contributed by atoms with Crippen LogP contribution in [0.15, 0.2) is 11.4 Å². The van der Waals surface area contributed by atoms with Crippen molar-refractivity contribution in [3.8, 4) is 0 Å². The molecule has 4 heteroatoms. The number of hydrogen-bond donors (Lipinski definition) is 1.